The van der Waals surface area contributed by atoms with E-state index in [0.29, 0.717) is 24.4 Å². The molecule has 2 N–H and O–H groups in total. The molecule has 0 spiro atoms. The number of carbonyl (C=O) groups excluding carboxylic acids is 1. The first-order chi connectivity index (χ1) is 13.0. The van der Waals surface area contributed by atoms with Gasteiger partial charge < -0.3 is 10.4 Å². The minimum Gasteiger partial charge on any atom is -0.393 e. The average Bonchev–Trinajstić information content (AvgIpc) is 3.00. The Balaban J connectivity index is 1.51. The van der Waals surface area contributed by atoms with E-state index in [1.54, 1.807) is 10.7 Å². The quantitative estimate of drug-likeness (QED) is 0.705. The number of nitrogens with zero attached hydrogens (tertiary/aromatic N) is 5. The number of aromatic nitrogens is 5. The van der Waals surface area contributed by atoms with Crippen molar-refractivity contribution in [1.29, 1.82) is 0 Å². The monoisotopic (exact) mass is 366 g/mol. The zero-order chi connectivity index (χ0) is 19.0. The molecule has 1 unspecified atom stereocenters. The first-order valence-corrected chi connectivity index (χ1v) is 9.08. The number of hydrogen-bond donors (Lipinski definition) is 2. The van der Waals surface area contributed by atoms with Crippen LogP contribution in [0.15, 0.2) is 30.5 Å². The molecule has 1 atom stereocenters. The molecule has 3 aromatic rings. The molecule has 140 valence electrons. The number of aryl methyl sites for hydroxylation is 2. The van der Waals surface area contributed by atoms with Gasteiger partial charge in [0.25, 0.3) is 5.78 Å². The van der Waals surface area contributed by atoms with Gasteiger partial charge in [-0.25, -0.2) is 9.50 Å². The van der Waals surface area contributed by atoms with E-state index in [4.69, 9.17) is 0 Å². The summed E-state index contributed by atoms with van der Waals surface area (Å²) in [5.74, 6) is 0.942. The lowest BCUT2D eigenvalue weighted by Gasteiger charge is -2.37. The Morgan fingerprint density at radius 2 is 2.15 bits per heavy atom. The van der Waals surface area contributed by atoms with E-state index in [1.165, 1.54) is 0 Å². The second-order valence-corrected chi connectivity index (χ2v) is 7.14. The van der Waals surface area contributed by atoms with Gasteiger partial charge in [-0.3, -0.25) is 9.78 Å². The van der Waals surface area contributed by atoms with Crippen LogP contribution in [0.2, 0.25) is 0 Å². The number of pyridine rings is 1. The Kier molecular flexibility index (Phi) is 4.57. The molecule has 4 rings (SSSR count). The minimum atomic E-state index is -0.296. The third-order valence-corrected chi connectivity index (χ3v) is 4.92. The van der Waals surface area contributed by atoms with E-state index in [-0.39, 0.29) is 30.4 Å². The van der Waals surface area contributed by atoms with E-state index < -0.39 is 0 Å². The van der Waals surface area contributed by atoms with Crippen LogP contribution < -0.4 is 5.32 Å². The Morgan fingerprint density at radius 1 is 1.33 bits per heavy atom. The minimum absolute atomic E-state index is 0.0699. The van der Waals surface area contributed by atoms with Crippen molar-refractivity contribution < 1.29 is 9.90 Å². The standard InChI is InChI=1S/C19H22N6O2/c1-11-7-12(2)25-19(21-11)22-16(24-25)10-17(27)23-18(13-8-14(26)9-13)15-5-3-4-6-20-15/h3-7,13-14,18,26H,8-10H2,1-2H3,(H,23,27). The Labute approximate surface area is 156 Å². The second kappa shape index (κ2) is 7.03. The fourth-order valence-electron chi connectivity index (χ4n) is 3.55. The van der Waals surface area contributed by atoms with Crippen LogP contribution in [0.25, 0.3) is 5.78 Å². The van der Waals surface area contributed by atoms with Gasteiger partial charge in [0.15, 0.2) is 5.82 Å². The first-order valence-electron chi connectivity index (χ1n) is 9.08. The van der Waals surface area contributed by atoms with Crippen LogP contribution in [0.1, 0.15) is 41.8 Å². The lowest BCUT2D eigenvalue weighted by atomic mass is 9.76. The van der Waals surface area contributed by atoms with E-state index in [1.807, 2.05) is 38.1 Å². The van der Waals surface area contributed by atoms with Crippen molar-refractivity contribution in [3.63, 3.8) is 0 Å². The summed E-state index contributed by atoms with van der Waals surface area (Å²) >= 11 is 0. The number of fused-ring (bicyclic) bond motifs is 1. The van der Waals surface area contributed by atoms with Crippen LogP contribution in [0, 0.1) is 19.8 Å². The molecular formula is C19H22N6O2. The van der Waals surface area contributed by atoms with Crippen LogP contribution in [0.3, 0.4) is 0 Å². The maximum atomic E-state index is 12.6. The molecule has 8 nitrogen and oxygen atoms in total. The van der Waals surface area contributed by atoms with Gasteiger partial charge in [-0.2, -0.15) is 4.98 Å². The Morgan fingerprint density at radius 3 is 2.85 bits per heavy atom. The maximum Gasteiger partial charge on any atom is 0.252 e. The molecular weight excluding hydrogens is 344 g/mol. The molecule has 3 heterocycles. The molecule has 1 aliphatic rings. The predicted octanol–water partition coefficient (Wildman–Crippen LogP) is 1.31. The van der Waals surface area contributed by atoms with Gasteiger partial charge in [0.1, 0.15) is 0 Å². The molecule has 1 aliphatic carbocycles. The van der Waals surface area contributed by atoms with Crippen LogP contribution in [-0.4, -0.2) is 41.7 Å². The first kappa shape index (κ1) is 17.5. The van der Waals surface area contributed by atoms with E-state index in [9.17, 15) is 9.90 Å². The lowest BCUT2D eigenvalue weighted by molar-refractivity contribution is -0.122. The number of hydrogen-bond acceptors (Lipinski definition) is 6. The molecule has 1 saturated carbocycles. The zero-order valence-corrected chi connectivity index (χ0v) is 15.3. The molecule has 0 aromatic carbocycles. The van der Waals surface area contributed by atoms with Crippen molar-refractivity contribution in [1.82, 2.24) is 29.9 Å². The number of nitrogens with one attached hydrogen (secondary N) is 1. The Bertz CT molecular complexity index is 965. The summed E-state index contributed by atoms with van der Waals surface area (Å²) in [5.41, 5.74) is 2.59. The van der Waals surface area contributed by atoms with Crippen LogP contribution in [0.5, 0.6) is 0 Å². The normalized spacial score (nSPS) is 20.3. The largest absolute Gasteiger partial charge is 0.393 e. The van der Waals surface area contributed by atoms with E-state index >= 15 is 0 Å². The summed E-state index contributed by atoms with van der Waals surface area (Å²) in [6.45, 7) is 3.83. The summed E-state index contributed by atoms with van der Waals surface area (Å²) in [6.07, 6.45) is 2.81. The van der Waals surface area contributed by atoms with E-state index in [0.717, 1.165) is 17.1 Å². The number of aliphatic hydroxyl groups is 1. The van der Waals surface area contributed by atoms with Gasteiger partial charge in [-0.1, -0.05) is 6.07 Å². The van der Waals surface area contributed by atoms with Crippen LogP contribution >= 0.6 is 0 Å². The van der Waals surface area contributed by atoms with Crippen molar-refractivity contribution in [2.24, 2.45) is 5.92 Å². The number of carbonyl (C=O) groups is 1. The summed E-state index contributed by atoms with van der Waals surface area (Å²) in [7, 11) is 0. The highest BCUT2D eigenvalue weighted by molar-refractivity contribution is 5.78. The molecule has 1 fully saturated rings. The highest BCUT2D eigenvalue weighted by Gasteiger charge is 2.36. The van der Waals surface area contributed by atoms with Crippen LogP contribution in [0.4, 0.5) is 0 Å². The SMILES string of the molecule is Cc1cc(C)n2nc(CC(=O)NC(c3ccccn3)C3CC(O)C3)nc2n1. The fraction of sp³-hybridized carbons (Fsp3) is 0.421. The van der Waals surface area contributed by atoms with Gasteiger partial charge in [0.05, 0.1) is 24.3 Å². The highest BCUT2D eigenvalue weighted by atomic mass is 16.3. The van der Waals surface area contributed by atoms with Gasteiger partial charge in [0.2, 0.25) is 5.91 Å². The zero-order valence-electron chi connectivity index (χ0n) is 15.3. The van der Waals surface area contributed by atoms with Crippen molar-refractivity contribution in [3.8, 4) is 0 Å². The summed E-state index contributed by atoms with van der Waals surface area (Å²) < 4.78 is 1.65. The summed E-state index contributed by atoms with van der Waals surface area (Å²) in [4.78, 5) is 25.7. The molecule has 1 amide bonds. The molecule has 8 heteroatoms. The fourth-order valence-corrected chi connectivity index (χ4v) is 3.55. The second-order valence-electron chi connectivity index (χ2n) is 7.14. The maximum absolute atomic E-state index is 12.6. The van der Waals surface area contributed by atoms with Gasteiger partial charge in [-0.15, -0.1) is 5.10 Å². The molecule has 0 bridgehead atoms. The molecule has 0 saturated heterocycles. The smallest absolute Gasteiger partial charge is 0.252 e. The van der Waals surface area contributed by atoms with Gasteiger partial charge >= 0.3 is 0 Å². The summed E-state index contributed by atoms with van der Waals surface area (Å²) in [5, 5.41) is 17.1. The van der Waals surface area contributed by atoms with E-state index in [2.05, 4.69) is 25.4 Å². The van der Waals surface area contributed by atoms with Crippen molar-refractivity contribution in [2.45, 2.75) is 45.3 Å². The number of rotatable bonds is 5. The van der Waals surface area contributed by atoms with Crippen molar-refractivity contribution >= 4 is 11.7 Å². The third-order valence-electron chi connectivity index (χ3n) is 4.92. The number of aliphatic hydroxyl groups excluding tert-OH is 1. The van der Waals surface area contributed by atoms with Gasteiger partial charge in [-0.05, 0) is 50.8 Å². The van der Waals surface area contributed by atoms with Crippen molar-refractivity contribution in [2.75, 3.05) is 0 Å². The van der Waals surface area contributed by atoms with Gasteiger partial charge in [0, 0.05) is 17.6 Å². The molecule has 0 radical (unpaired) electrons. The summed E-state index contributed by atoms with van der Waals surface area (Å²) in [6, 6.07) is 7.34. The predicted molar refractivity (Wildman–Crippen MR) is 97.8 cm³/mol. The number of amides is 1. The Hall–Kier alpha value is -2.87. The lowest BCUT2D eigenvalue weighted by Crippen LogP contribution is -2.42. The topological polar surface area (TPSA) is 105 Å². The highest BCUT2D eigenvalue weighted by Crippen LogP contribution is 2.37. The molecule has 0 aliphatic heterocycles. The third kappa shape index (κ3) is 3.66. The molecule has 27 heavy (non-hydrogen) atoms. The van der Waals surface area contributed by atoms with Crippen molar-refractivity contribution in [3.05, 3.63) is 53.4 Å². The van der Waals surface area contributed by atoms with Crippen LogP contribution in [-0.2, 0) is 11.2 Å². The molecule has 3 aromatic heterocycles. The average molecular weight is 366 g/mol.